The van der Waals surface area contributed by atoms with Crippen LogP contribution in [0, 0.1) is 0 Å². The summed E-state index contributed by atoms with van der Waals surface area (Å²) < 4.78 is 32.5. The molecule has 1 aromatic carbocycles. The summed E-state index contributed by atoms with van der Waals surface area (Å²) in [5.41, 5.74) is 0.447. The highest BCUT2D eigenvalue weighted by Gasteiger charge is 2.20. The zero-order chi connectivity index (χ0) is 18.3. The van der Waals surface area contributed by atoms with Crippen LogP contribution in [0.1, 0.15) is 29.6 Å². The number of hydrogen-bond acceptors (Lipinski definition) is 5. The molecule has 1 aliphatic heterocycles. The van der Waals surface area contributed by atoms with Gasteiger partial charge in [0.15, 0.2) is 0 Å². The third-order valence-corrected chi connectivity index (χ3v) is 5.46. The molecular weight excluding hydrogens is 342 g/mol. The van der Waals surface area contributed by atoms with Gasteiger partial charge in [-0.05, 0) is 64.2 Å². The molecule has 1 amide bonds. The molecule has 1 saturated heterocycles. The van der Waals surface area contributed by atoms with E-state index < -0.39 is 10.0 Å². The van der Waals surface area contributed by atoms with E-state index in [4.69, 9.17) is 4.74 Å². The van der Waals surface area contributed by atoms with E-state index in [-0.39, 0.29) is 23.5 Å². The Labute approximate surface area is 149 Å². The van der Waals surface area contributed by atoms with Crippen LogP contribution in [0.25, 0.3) is 0 Å². The molecule has 0 bridgehead atoms. The van der Waals surface area contributed by atoms with Gasteiger partial charge < -0.3 is 15.0 Å². The van der Waals surface area contributed by atoms with Crippen LogP contribution in [0.15, 0.2) is 29.2 Å². The summed E-state index contributed by atoms with van der Waals surface area (Å²) in [6.07, 6.45) is 2.64. The fraction of sp³-hybridized carbons (Fsp3) is 0.588. The third kappa shape index (κ3) is 6.39. The maximum Gasteiger partial charge on any atom is 0.251 e. The lowest BCUT2D eigenvalue weighted by atomic mass is 10.2. The van der Waals surface area contributed by atoms with Crippen LogP contribution in [-0.2, 0) is 14.8 Å². The fourth-order valence-electron chi connectivity index (χ4n) is 2.58. The summed E-state index contributed by atoms with van der Waals surface area (Å²) in [5, 5.41) is 2.83. The monoisotopic (exact) mass is 369 g/mol. The largest absolute Gasteiger partial charge is 0.377 e. The molecule has 0 radical (unpaired) electrons. The average molecular weight is 369 g/mol. The Morgan fingerprint density at radius 2 is 2.00 bits per heavy atom. The van der Waals surface area contributed by atoms with Crippen molar-refractivity contribution in [1.82, 2.24) is 14.9 Å². The Bertz CT molecular complexity index is 653. The zero-order valence-corrected chi connectivity index (χ0v) is 15.6. The molecule has 2 N–H and O–H groups in total. The molecule has 25 heavy (non-hydrogen) atoms. The summed E-state index contributed by atoms with van der Waals surface area (Å²) >= 11 is 0. The van der Waals surface area contributed by atoms with Crippen molar-refractivity contribution >= 4 is 15.9 Å². The van der Waals surface area contributed by atoms with E-state index in [1.54, 1.807) is 0 Å². The number of ether oxygens (including phenoxy) is 1. The van der Waals surface area contributed by atoms with Gasteiger partial charge in [-0.1, -0.05) is 0 Å². The minimum absolute atomic E-state index is 0.0537. The summed E-state index contributed by atoms with van der Waals surface area (Å²) in [6, 6.07) is 5.96. The van der Waals surface area contributed by atoms with Gasteiger partial charge in [-0.15, -0.1) is 0 Å². The van der Waals surface area contributed by atoms with Gasteiger partial charge >= 0.3 is 0 Å². The highest BCUT2D eigenvalue weighted by atomic mass is 32.2. The first-order valence-corrected chi connectivity index (χ1v) is 10.0. The Hall–Kier alpha value is -1.48. The van der Waals surface area contributed by atoms with Crippen molar-refractivity contribution in [2.45, 2.75) is 30.3 Å². The van der Waals surface area contributed by atoms with Crippen molar-refractivity contribution in [3.63, 3.8) is 0 Å². The highest BCUT2D eigenvalue weighted by Crippen LogP contribution is 2.14. The number of hydrogen-bond donors (Lipinski definition) is 2. The number of carbonyl (C=O) groups is 1. The Morgan fingerprint density at radius 3 is 2.60 bits per heavy atom. The lowest BCUT2D eigenvalue weighted by Crippen LogP contribution is -2.32. The number of amides is 1. The van der Waals surface area contributed by atoms with Crippen LogP contribution in [0.3, 0.4) is 0 Å². The minimum atomic E-state index is -3.59. The van der Waals surface area contributed by atoms with Crippen molar-refractivity contribution in [1.29, 1.82) is 0 Å². The number of benzene rings is 1. The Kier molecular flexibility index (Phi) is 7.37. The fourth-order valence-corrected chi connectivity index (χ4v) is 3.64. The highest BCUT2D eigenvalue weighted by molar-refractivity contribution is 7.89. The van der Waals surface area contributed by atoms with E-state index in [0.29, 0.717) is 18.7 Å². The second kappa shape index (κ2) is 9.28. The van der Waals surface area contributed by atoms with Crippen LogP contribution in [-0.4, -0.2) is 65.7 Å². The number of nitrogens with one attached hydrogen (secondary N) is 2. The van der Waals surface area contributed by atoms with E-state index in [1.807, 2.05) is 14.1 Å². The van der Waals surface area contributed by atoms with Crippen molar-refractivity contribution < 1.29 is 17.9 Å². The van der Waals surface area contributed by atoms with E-state index in [1.165, 1.54) is 24.3 Å². The van der Waals surface area contributed by atoms with Crippen molar-refractivity contribution in [3.8, 4) is 0 Å². The molecule has 1 aliphatic rings. The third-order valence-electron chi connectivity index (χ3n) is 4.02. The van der Waals surface area contributed by atoms with Crippen LogP contribution in [0.5, 0.6) is 0 Å². The van der Waals surface area contributed by atoms with Crippen molar-refractivity contribution in [2.24, 2.45) is 0 Å². The van der Waals surface area contributed by atoms with E-state index in [0.717, 1.165) is 25.8 Å². The van der Waals surface area contributed by atoms with E-state index in [2.05, 4.69) is 14.9 Å². The van der Waals surface area contributed by atoms with Gasteiger partial charge in [0, 0.05) is 25.3 Å². The molecule has 0 saturated carbocycles. The SMILES string of the molecule is CN(C)CCCNC(=O)c1ccc(S(=O)(=O)NCC2CCCO2)cc1. The standard InChI is InChI=1S/C17H27N3O4S/c1-20(2)11-4-10-18-17(21)14-6-8-16(9-7-14)25(22,23)19-13-15-5-3-12-24-15/h6-9,15,19H,3-5,10-13H2,1-2H3,(H,18,21). The normalized spacial score (nSPS) is 17.8. The first-order valence-electron chi connectivity index (χ1n) is 8.53. The molecule has 1 unspecified atom stereocenters. The first kappa shape index (κ1) is 19.8. The molecular formula is C17H27N3O4S. The topological polar surface area (TPSA) is 87.7 Å². The van der Waals surface area contributed by atoms with Gasteiger partial charge in [-0.25, -0.2) is 13.1 Å². The van der Waals surface area contributed by atoms with Gasteiger partial charge in [-0.3, -0.25) is 4.79 Å². The molecule has 8 heteroatoms. The quantitative estimate of drug-likeness (QED) is 0.630. The molecule has 1 heterocycles. The Morgan fingerprint density at radius 1 is 1.28 bits per heavy atom. The first-order chi connectivity index (χ1) is 11.9. The molecule has 0 spiro atoms. The molecule has 1 fully saturated rings. The zero-order valence-electron chi connectivity index (χ0n) is 14.8. The van der Waals surface area contributed by atoms with E-state index in [9.17, 15) is 13.2 Å². The molecule has 0 aromatic heterocycles. The summed E-state index contributed by atoms with van der Waals surface area (Å²) in [4.78, 5) is 14.2. The van der Waals surface area contributed by atoms with Crippen LogP contribution in [0.2, 0.25) is 0 Å². The molecule has 1 atom stereocenters. The molecule has 7 nitrogen and oxygen atoms in total. The predicted molar refractivity (Wildman–Crippen MR) is 96.1 cm³/mol. The summed E-state index contributed by atoms with van der Waals surface area (Å²) in [6.45, 7) is 2.44. The van der Waals surface area contributed by atoms with Gasteiger partial charge in [0.2, 0.25) is 10.0 Å². The molecule has 2 rings (SSSR count). The number of carbonyl (C=O) groups excluding carboxylic acids is 1. The van der Waals surface area contributed by atoms with Crippen molar-refractivity contribution in [3.05, 3.63) is 29.8 Å². The second-order valence-corrected chi connectivity index (χ2v) is 8.19. The average Bonchev–Trinajstić information content (AvgIpc) is 3.10. The lowest BCUT2D eigenvalue weighted by molar-refractivity contribution is 0.0952. The number of nitrogens with zero attached hydrogens (tertiary/aromatic N) is 1. The second-order valence-electron chi connectivity index (χ2n) is 6.42. The van der Waals surface area contributed by atoms with Crippen LogP contribution < -0.4 is 10.0 Å². The molecule has 1 aromatic rings. The predicted octanol–water partition coefficient (Wildman–Crippen LogP) is 0.825. The summed E-state index contributed by atoms with van der Waals surface area (Å²) in [5.74, 6) is -0.199. The smallest absolute Gasteiger partial charge is 0.251 e. The van der Waals surface area contributed by atoms with Crippen LogP contribution >= 0.6 is 0 Å². The van der Waals surface area contributed by atoms with Crippen molar-refractivity contribution in [2.75, 3.05) is 40.3 Å². The van der Waals surface area contributed by atoms with Gasteiger partial charge in [0.05, 0.1) is 11.0 Å². The maximum atomic E-state index is 12.3. The molecule has 0 aliphatic carbocycles. The maximum absolute atomic E-state index is 12.3. The Balaban J connectivity index is 1.86. The van der Waals surface area contributed by atoms with Gasteiger partial charge in [0.25, 0.3) is 5.91 Å². The molecule has 140 valence electrons. The van der Waals surface area contributed by atoms with Crippen LogP contribution in [0.4, 0.5) is 0 Å². The minimum Gasteiger partial charge on any atom is -0.377 e. The lowest BCUT2D eigenvalue weighted by Gasteiger charge is -2.12. The number of sulfonamides is 1. The van der Waals surface area contributed by atoms with Gasteiger partial charge in [-0.2, -0.15) is 0 Å². The summed E-state index contributed by atoms with van der Waals surface area (Å²) in [7, 11) is 0.372. The number of rotatable bonds is 9. The van der Waals surface area contributed by atoms with E-state index >= 15 is 0 Å². The van der Waals surface area contributed by atoms with Gasteiger partial charge in [0.1, 0.15) is 0 Å².